The zero-order chi connectivity index (χ0) is 14.2. The molecule has 2 aliphatic rings. The van der Waals surface area contributed by atoms with Gasteiger partial charge in [-0.25, -0.2) is 0 Å². The summed E-state index contributed by atoms with van der Waals surface area (Å²) < 4.78 is 0. The van der Waals surface area contributed by atoms with Gasteiger partial charge in [-0.15, -0.1) is 0 Å². The van der Waals surface area contributed by atoms with Crippen LogP contribution in [0.5, 0.6) is 0 Å². The maximum atomic E-state index is 12.6. The third kappa shape index (κ3) is 2.31. The molecule has 1 unspecified atom stereocenters. The molecule has 2 aromatic rings. The first kappa shape index (κ1) is 12.8. The Kier molecular flexibility index (Phi) is 3.15. The molecule has 2 aliphatic heterocycles. The molecule has 2 fully saturated rings. The first-order chi connectivity index (χ1) is 10.3. The van der Waals surface area contributed by atoms with E-state index in [1.807, 2.05) is 18.2 Å². The topological polar surface area (TPSA) is 61.0 Å². The Bertz CT molecular complexity index is 665. The zero-order valence-electron chi connectivity index (χ0n) is 12.0. The van der Waals surface area contributed by atoms with E-state index in [4.69, 9.17) is 0 Å². The van der Waals surface area contributed by atoms with Crippen molar-refractivity contribution in [1.29, 1.82) is 0 Å². The fourth-order valence-corrected chi connectivity index (χ4v) is 3.58. The van der Waals surface area contributed by atoms with Gasteiger partial charge in [0.15, 0.2) is 0 Å². The van der Waals surface area contributed by atoms with Crippen molar-refractivity contribution >= 4 is 16.8 Å². The van der Waals surface area contributed by atoms with Crippen molar-refractivity contribution in [3.63, 3.8) is 0 Å². The number of carbonyl (C=O) groups is 1. The number of rotatable bonds is 2. The number of fused-ring (bicyclic) bond motifs is 2. The molecule has 110 valence electrons. The van der Waals surface area contributed by atoms with Crippen LogP contribution in [0.15, 0.2) is 24.4 Å². The van der Waals surface area contributed by atoms with E-state index in [1.54, 1.807) is 6.20 Å². The molecule has 0 saturated carbocycles. The summed E-state index contributed by atoms with van der Waals surface area (Å²) in [5.74, 6) is 0.0194. The summed E-state index contributed by atoms with van der Waals surface area (Å²) in [5, 5.41) is 11.0. The van der Waals surface area contributed by atoms with Crippen molar-refractivity contribution < 1.29 is 4.79 Å². The van der Waals surface area contributed by atoms with Crippen LogP contribution in [-0.2, 0) is 0 Å². The number of hydrogen-bond acceptors (Lipinski definition) is 3. The molecule has 21 heavy (non-hydrogen) atoms. The second-order valence-electron chi connectivity index (χ2n) is 6.18. The molecule has 1 aromatic heterocycles. The maximum Gasteiger partial charge on any atom is 0.252 e. The van der Waals surface area contributed by atoms with Crippen LogP contribution in [0.3, 0.4) is 0 Å². The van der Waals surface area contributed by atoms with Crippen LogP contribution in [0, 0.1) is 0 Å². The molecule has 2 saturated heterocycles. The zero-order valence-corrected chi connectivity index (χ0v) is 12.0. The summed E-state index contributed by atoms with van der Waals surface area (Å²) in [4.78, 5) is 15.1. The monoisotopic (exact) mass is 284 g/mol. The van der Waals surface area contributed by atoms with Gasteiger partial charge >= 0.3 is 0 Å². The predicted octanol–water partition coefficient (Wildman–Crippen LogP) is 1.92. The lowest BCUT2D eigenvalue weighted by atomic mass is 10.00. The summed E-state index contributed by atoms with van der Waals surface area (Å²) in [6, 6.07) is 6.74. The van der Waals surface area contributed by atoms with Crippen molar-refractivity contribution in [3.8, 4) is 0 Å². The fraction of sp³-hybridized carbons (Fsp3) is 0.500. The van der Waals surface area contributed by atoms with Gasteiger partial charge in [0.2, 0.25) is 0 Å². The van der Waals surface area contributed by atoms with Crippen molar-refractivity contribution in [2.45, 2.75) is 37.8 Å². The average Bonchev–Trinajstić information content (AvgIpc) is 2.90. The standard InChI is InChI=1S/C16H20N4O/c21-16(13-5-2-6-15-14(13)9-17-19-15)18-11-3-1-4-12-7-8-20(12)10-11/h2,5-6,9,11-12H,1,3-4,7-8,10H2,(H,17,19)(H,18,21)/t11-,12?/m0/s1. The van der Waals surface area contributed by atoms with Gasteiger partial charge in [0.1, 0.15) is 0 Å². The van der Waals surface area contributed by atoms with E-state index in [1.165, 1.54) is 25.8 Å². The van der Waals surface area contributed by atoms with Crippen molar-refractivity contribution in [2.75, 3.05) is 13.1 Å². The Morgan fingerprint density at radius 3 is 3.14 bits per heavy atom. The quantitative estimate of drug-likeness (QED) is 0.885. The summed E-state index contributed by atoms with van der Waals surface area (Å²) in [7, 11) is 0. The summed E-state index contributed by atoms with van der Waals surface area (Å²) in [5.41, 5.74) is 1.62. The van der Waals surface area contributed by atoms with Crippen LogP contribution >= 0.6 is 0 Å². The van der Waals surface area contributed by atoms with Gasteiger partial charge in [-0.05, 0) is 44.4 Å². The minimum absolute atomic E-state index is 0.0194. The lowest BCUT2D eigenvalue weighted by Gasteiger charge is -2.40. The average molecular weight is 284 g/mol. The first-order valence-corrected chi connectivity index (χ1v) is 7.78. The van der Waals surface area contributed by atoms with E-state index in [9.17, 15) is 4.79 Å². The molecular weight excluding hydrogens is 264 g/mol. The minimum Gasteiger partial charge on any atom is -0.348 e. The largest absolute Gasteiger partial charge is 0.348 e. The highest BCUT2D eigenvalue weighted by atomic mass is 16.1. The van der Waals surface area contributed by atoms with Crippen LogP contribution in [-0.4, -0.2) is 46.2 Å². The Balaban J connectivity index is 1.51. The molecule has 2 N–H and O–H groups in total. The molecule has 0 radical (unpaired) electrons. The third-order valence-electron chi connectivity index (χ3n) is 4.88. The Labute approximate surface area is 123 Å². The number of H-pyrrole nitrogens is 1. The maximum absolute atomic E-state index is 12.6. The van der Waals surface area contributed by atoms with E-state index < -0.39 is 0 Å². The normalized spacial score (nSPS) is 25.9. The minimum atomic E-state index is 0.0194. The van der Waals surface area contributed by atoms with Gasteiger partial charge in [-0.3, -0.25) is 14.8 Å². The van der Waals surface area contributed by atoms with Crippen LogP contribution in [0.1, 0.15) is 36.0 Å². The lowest BCUT2D eigenvalue weighted by molar-refractivity contribution is 0.0789. The smallest absolute Gasteiger partial charge is 0.252 e. The molecule has 0 bridgehead atoms. The number of hydrogen-bond donors (Lipinski definition) is 2. The van der Waals surface area contributed by atoms with Gasteiger partial charge in [-0.1, -0.05) is 6.07 Å². The number of aromatic amines is 1. The Hall–Kier alpha value is -1.88. The van der Waals surface area contributed by atoms with Gasteiger partial charge in [0.25, 0.3) is 5.91 Å². The number of nitrogens with one attached hydrogen (secondary N) is 2. The molecule has 2 atom stereocenters. The van der Waals surface area contributed by atoms with Crippen LogP contribution < -0.4 is 5.32 Å². The number of amides is 1. The van der Waals surface area contributed by atoms with E-state index in [0.717, 1.165) is 29.9 Å². The van der Waals surface area contributed by atoms with Crippen LogP contribution in [0.4, 0.5) is 0 Å². The molecule has 1 amide bonds. The van der Waals surface area contributed by atoms with E-state index in [-0.39, 0.29) is 11.9 Å². The summed E-state index contributed by atoms with van der Waals surface area (Å²) >= 11 is 0. The second kappa shape index (κ2) is 5.15. The molecule has 3 heterocycles. The fourth-order valence-electron chi connectivity index (χ4n) is 3.58. The van der Waals surface area contributed by atoms with Crippen molar-refractivity contribution in [2.24, 2.45) is 0 Å². The molecular formula is C16H20N4O. The molecule has 0 spiro atoms. The van der Waals surface area contributed by atoms with Crippen molar-refractivity contribution in [1.82, 2.24) is 20.4 Å². The Morgan fingerprint density at radius 2 is 2.29 bits per heavy atom. The van der Waals surface area contributed by atoms with Crippen molar-refractivity contribution in [3.05, 3.63) is 30.0 Å². The number of nitrogens with zero attached hydrogens (tertiary/aromatic N) is 2. The number of carbonyl (C=O) groups excluding carboxylic acids is 1. The van der Waals surface area contributed by atoms with E-state index in [0.29, 0.717) is 5.56 Å². The third-order valence-corrected chi connectivity index (χ3v) is 4.88. The van der Waals surface area contributed by atoms with Crippen LogP contribution in [0.25, 0.3) is 10.9 Å². The van der Waals surface area contributed by atoms with E-state index in [2.05, 4.69) is 20.4 Å². The highest BCUT2D eigenvalue weighted by Gasteiger charge is 2.32. The molecule has 1 aromatic carbocycles. The van der Waals surface area contributed by atoms with Crippen LogP contribution in [0.2, 0.25) is 0 Å². The SMILES string of the molecule is O=C(N[C@H]1CCCC2CCN2C1)c1cccc2[nH]ncc12. The first-order valence-electron chi connectivity index (χ1n) is 7.78. The highest BCUT2D eigenvalue weighted by Crippen LogP contribution is 2.27. The lowest BCUT2D eigenvalue weighted by Crippen LogP contribution is -2.52. The summed E-state index contributed by atoms with van der Waals surface area (Å²) in [6.07, 6.45) is 6.63. The molecule has 4 rings (SSSR count). The van der Waals surface area contributed by atoms with Gasteiger partial charge in [0, 0.05) is 24.0 Å². The number of benzene rings is 1. The molecule has 5 heteroatoms. The highest BCUT2D eigenvalue weighted by molar-refractivity contribution is 6.06. The second-order valence-corrected chi connectivity index (χ2v) is 6.18. The Morgan fingerprint density at radius 1 is 1.33 bits per heavy atom. The van der Waals surface area contributed by atoms with Gasteiger partial charge < -0.3 is 5.32 Å². The molecule has 5 nitrogen and oxygen atoms in total. The summed E-state index contributed by atoms with van der Waals surface area (Å²) in [6.45, 7) is 2.19. The van der Waals surface area contributed by atoms with Gasteiger partial charge in [-0.2, -0.15) is 5.10 Å². The van der Waals surface area contributed by atoms with Gasteiger partial charge in [0.05, 0.1) is 17.3 Å². The number of aromatic nitrogens is 2. The molecule has 0 aliphatic carbocycles. The predicted molar refractivity (Wildman–Crippen MR) is 81.2 cm³/mol. The van der Waals surface area contributed by atoms with E-state index >= 15 is 0 Å².